The van der Waals surface area contributed by atoms with E-state index in [-0.39, 0.29) is 29.0 Å². The number of primary amides is 1. The molecule has 0 saturated heterocycles. The first-order chi connectivity index (χ1) is 17.6. The van der Waals surface area contributed by atoms with E-state index >= 15 is 0 Å². The van der Waals surface area contributed by atoms with E-state index in [4.69, 9.17) is 10.7 Å². The molecule has 0 heterocycles. The molecule has 2 saturated carbocycles. The first-order valence-corrected chi connectivity index (χ1v) is 13.0. The summed E-state index contributed by atoms with van der Waals surface area (Å²) in [5.74, 6) is -9.99. The predicted octanol–water partition coefficient (Wildman–Crippen LogP) is 0.707. The Bertz CT molecular complexity index is 1240. The van der Waals surface area contributed by atoms with Gasteiger partial charge >= 0.3 is 0 Å². The van der Waals surface area contributed by atoms with Gasteiger partial charge in [0, 0.05) is 18.4 Å². The van der Waals surface area contributed by atoms with Crippen LogP contribution < -0.4 is 5.73 Å². The van der Waals surface area contributed by atoms with E-state index in [0.717, 1.165) is 0 Å². The summed E-state index contributed by atoms with van der Waals surface area (Å²) in [6.45, 7) is 7.79. The average molecular weight is 528 g/mol. The van der Waals surface area contributed by atoms with Gasteiger partial charge in [-0.2, -0.15) is 0 Å². The number of carbonyl (C=O) groups is 4. The molecule has 0 aromatic heterocycles. The van der Waals surface area contributed by atoms with Gasteiger partial charge in [0.25, 0.3) is 0 Å². The highest BCUT2D eigenvalue weighted by Gasteiger charge is 2.71. The maximum atomic E-state index is 14.0. The van der Waals surface area contributed by atoms with E-state index in [0.29, 0.717) is 12.0 Å². The van der Waals surface area contributed by atoms with Crippen LogP contribution in [0.5, 0.6) is 5.75 Å². The third-order valence-electron chi connectivity index (χ3n) is 9.02. The number of aliphatic hydroxyl groups is 2. The fraction of sp³-hybridized carbons (Fsp3) is 0.607. The van der Waals surface area contributed by atoms with E-state index in [1.165, 1.54) is 11.0 Å². The summed E-state index contributed by atoms with van der Waals surface area (Å²) in [5.41, 5.74) is 2.91. The Morgan fingerprint density at radius 3 is 2.39 bits per heavy atom. The van der Waals surface area contributed by atoms with Crippen molar-refractivity contribution in [2.24, 2.45) is 39.8 Å². The van der Waals surface area contributed by atoms with Crippen molar-refractivity contribution < 1.29 is 34.5 Å². The lowest BCUT2D eigenvalue weighted by Crippen LogP contribution is -2.77. The highest BCUT2D eigenvalue weighted by Crippen LogP contribution is 2.54. The van der Waals surface area contributed by atoms with Crippen molar-refractivity contribution in [1.82, 2.24) is 4.90 Å². The van der Waals surface area contributed by atoms with Crippen LogP contribution in [0.2, 0.25) is 0 Å². The van der Waals surface area contributed by atoms with Gasteiger partial charge in [-0.3, -0.25) is 29.1 Å². The fourth-order valence-electron chi connectivity index (χ4n) is 6.60. The molecule has 5 N–H and O–H groups in total. The maximum Gasteiger partial charge on any atom is 0.235 e. The van der Waals surface area contributed by atoms with E-state index in [2.05, 4.69) is 0 Å². The number of amides is 1. The lowest BCUT2D eigenvalue weighted by molar-refractivity contribution is -0.174. The molecule has 206 valence electrons. The number of nitrogens with zero attached hydrogens (tertiary/aromatic N) is 2. The third-order valence-corrected chi connectivity index (χ3v) is 9.02. The number of benzene rings is 1. The molecule has 3 aliphatic carbocycles. The monoisotopic (exact) mass is 527 g/mol. The number of carbonyl (C=O) groups excluding carboxylic acids is 4. The number of ketones is 3. The molecule has 10 nitrogen and oxygen atoms in total. The zero-order valence-electron chi connectivity index (χ0n) is 22.6. The summed E-state index contributed by atoms with van der Waals surface area (Å²) in [5, 5.41) is 34.8. The highest BCUT2D eigenvalue weighted by molar-refractivity contribution is 6.33. The van der Waals surface area contributed by atoms with Crippen LogP contribution in [0.15, 0.2) is 23.2 Å². The summed E-state index contributed by atoms with van der Waals surface area (Å²) in [4.78, 5) is 59.9. The number of Topliss-reactive ketones (excluding diaryl/α,β-unsaturated/α-hetero) is 3. The van der Waals surface area contributed by atoms with Crippen molar-refractivity contribution >= 4 is 29.0 Å². The second kappa shape index (κ2) is 9.36. The number of likely N-dealkylation sites (N-methyl/N-ethyl adjacent to an activating group) is 1. The molecule has 0 aliphatic heterocycles. The standard InChI is InChI=1S/C28H37N3O7/c1-7-27(3,4)11-30-24-17-15(12(2)13-9-8-10-14(32)16(13)21(17)33)22(34)19-20(31(5)6)23(35)18(26(29)37)25(36)28(19,24)38/h8-10,12,15,17-20,22,32,34,38H,7,11H2,1-6H3,(H2,29,37)/t12-,15?,17?,18?,19?,20-,22-,28-/m0/s1. The van der Waals surface area contributed by atoms with Crippen LogP contribution in [-0.2, 0) is 14.4 Å². The summed E-state index contributed by atoms with van der Waals surface area (Å²) >= 11 is 0. The number of rotatable bonds is 5. The van der Waals surface area contributed by atoms with E-state index in [1.807, 2.05) is 20.8 Å². The molecule has 1 aromatic carbocycles. The van der Waals surface area contributed by atoms with Gasteiger partial charge in [-0.15, -0.1) is 0 Å². The van der Waals surface area contributed by atoms with Crippen LogP contribution in [0.1, 0.15) is 56.0 Å². The molecule has 0 radical (unpaired) electrons. The van der Waals surface area contributed by atoms with Gasteiger partial charge in [-0.1, -0.05) is 39.8 Å². The summed E-state index contributed by atoms with van der Waals surface area (Å²) in [6, 6.07) is 3.44. The Morgan fingerprint density at radius 1 is 1.21 bits per heavy atom. The quantitative estimate of drug-likeness (QED) is 0.406. The molecule has 4 unspecified atom stereocenters. The smallest absolute Gasteiger partial charge is 0.235 e. The number of phenols is 1. The van der Waals surface area contributed by atoms with Gasteiger partial charge in [-0.05, 0) is 43.5 Å². The van der Waals surface area contributed by atoms with Crippen molar-refractivity contribution in [2.45, 2.75) is 57.8 Å². The largest absolute Gasteiger partial charge is 0.507 e. The summed E-state index contributed by atoms with van der Waals surface area (Å²) in [7, 11) is 3.10. The number of phenolic OH excluding ortho intramolecular Hbond substituents is 1. The zero-order valence-corrected chi connectivity index (χ0v) is 22.6. The number of hydrogen-bond donors (Lipinski definition) is 4. The van der Waals surface area contributed by atoms with Crippen LogP contribution in [-0.4, -0.2) is 87.6 Å². The first kappa shape index (κ1) is 28.1. The predicted molar refractivity (Wildman–Crippen MR) is 139 cm³/mol. The minimum Gasteiger partial charge on any atom is -0.507 e. The zero-order chi connectivity index (χ0) is 28.5. The molecule has 2 fully saturated rings. The highest BCUT2D eigenvalue weighted by atomic mass is 16.3. The van der Waals surface area contributed by atoms with Gasteiger partial charge in [0.15, 0.2) is 28.9 Å². The van der Waals surface area contributed by atoms with E-state index in [9.17, 15) is 34.5 Å². The van der Waals surface area contributed by atoms with Crippen molar-refractivity contribution in [3.63, 3.8) is 0 Å². The van der Waals surface area contributed by atoms with Crippen LogP contribution >= 0.6 is 0 Å². The van der Waals surface area contributed by atoms with Gasteiger partial charge in [0.1, 0.15) is 5.75 Å². The molecule has 8 atom stereocenters. The molecule has 38 heavy (non-hydrogen) atoms. The Balaban J connectivity index is 2.05. The van der Waals surface area contributed by atoms with Gasteiger partial charge in [-0.25, -0.2) is 0 Å². The Morgan fingerprint density at radius 2 is 1.84 bits per heavy atom. The van der Waals surface area contributed by atoms with Crippen molar-refractivity contribution in [3.8, 4) is 5.75 Å². The van der Waals surface area contributed by atoms with Crippen LogP contribution in [0.3, 0.4) is 0 Å². The molecular weight excluding hydrogens is 490 g/mol. The lowest BCUT2D eigenvalue weighted by Gasteiger charge is -2.57. The van der Waals surface area contributed by atoms with Crippen molar-refractivity contribution in [1.29, 1.82) is 0 Å². The van der Waals surface area contributed by atoms with Gasteiger partial charge in [0.05, 0.1) is 29.3 Å². The summed E-state index contributed by atoms with van der Waals surface area (Å²) in [6.07, 6.45) is -0.792. The maximum absolute atomic E-state index is 14.0. The third kappa shape index (κ3) is 3.84. The SMILES string of the molecule is CCC(C)(C)CN=C1C2C(=O)c3c(O)cccc3[C@H](C)C2[C@H](O)C2[C@H](N(C)C)C(=O)C(C(N)=O)C(=O)[C@@]12O. The van der Waals surface area contributed by atoms with Crippen molar-refractivity contribution in [3.05, 3.63) is 29.3 Å². The summed E-state index contributed by atoms with van der Waals surface area (Å²) < 4.78 is 0. The Labute approximate surface area is 221 Å². The molecular formula is C28H37N3O7. The minimum absolute atomic E-state index is 0.0490. The topological polar surface area (TPSA) is 171 Å². The molecule has 10 heteroatoms. The Kier molecular flexibility index (Phi) is 6.91. The average Bonchev–Trinajstić information content (AvgIpc) is 2.82. The number of aliphatic hydroxyl groups excluding tert-OH is 1. The number of fused-ring (bicyclic) bond motifs is 3. The van der Waals surface area contributed by atoms with Crippen LogP contribution in [0.25, 0.3) is 0 Å². The molecule has 1 aromatic rings. The molecule has 3 aliphatic rings. The number of hydrogen-bond acceptors (Lipinski definition) is 9. The molecule has 0 spiro atoms. The number of aliphatic imine (C=N–C) groups is 1. The van der Waals surface area contributed by atoms with Gasteiger partial charge < -0.3 is 21.1 Å². The van der Waals surface area contributed by atoms with E-state index < -0.39 is 70.6 Å². The van der Waals surface area contributed by atoms with Crippen LogP contribution in [0, 0.1) is 29.1 Å². The normalized spacial score (nSPS) is 36.2. The molecule has 0 bridgehead atoms. The van der Waals surface area contributed by atoms with Crippen LogP contribution in [0.4, 0.5) is 0 Å². The van der Waals surface area contributed by atoms with Crippen molar-refractivity contribution in [2.75, 3.05) is 20.6 Å². The molecule has 4 rings (SSSR count). The molecule has 1 amide bonds. The Hall–Kier alpha value is -2.95. The second-order valence-electron chi connectivity index (χ2n) is 12.0. The minimum atomic E-state index is -2.61. The van der Waals surface area contributed by atoms with Gasteiger partial charge in [0.2, 0.25) is 5.91 Å². The number of nitrogens with two attached hydrogens (primary N) is 1. The lowest BCUT2D eigenvalue weighted by atomic mass is 9.49. The van der Waals surface area contributed by atoms with E-state index in [1.54, 1.807) is 33.2 Å². The second-order valence-corrected chi connectivity index (χ2v) is 12.0. The number of aromatic hydroxyl groups is 1. The fourth-order valence-corrected chi connectivity index (χ4v) is 6.60. The first-order valence-electron chi connectivity index (χ1n) is 13.0.